The van der Waals surface area contributed by atoms with Crippen LogP contribution < -0.4 is 15.2 Å². The first-order chi connectivity index (χ1) is 20.4. The Balaban J connectivity index is 1.20. The molecule has 1 fully saturated rings. The number of pyridine rings is 1. The van der Waals surface area contributed by atoms with Gasteiger partial charge in [0.05, 0.1) is 23.7 Å². The van der Waals surface area contributed by atoms with E-state index in [1.54, 1.807) is 6.20 Å². The molecule has 3 N–H and O–H groups in total. The minimum atomic E-state index is -2.53. The summed E-state index contributed by atoms with van der Waals surface area (Å²) in [5, 5.41) is 15.8. The molecule has 0 bridgehead atoms. The summed E-state index contributed by atoms with van der Waals surface area (Å²) in [4.78, 5) is 46.3. The first-order valence-electron chi connectivity index (χ1n) is 13.8. The fourth-order valence-corrected chi connectivity index (χ4v) is 6.61. The highest BCUT2D eigenvalue weighted by atomic mass is 16.5. The molecule has 3 aliphatic carbocycles. The van der Waals surface area contributed by atoms with Crippen LogP contribution in [-0.2, 0) is 24.4 Å². The summed E-state index contributed by atoms with van der Waals surface area (Å²) in [6, 6.07) is 17.7. The molecule has 10 nitrogen and oxygen atoms in total. The average molecular weight is 566 g/mol. The van der Waals surface area contributed by atoms with Crippen molar-refractivity contribution in [3.8, 4) is 11.6 Å². The number of carbonyl (C=O) groups is 3. The van der Waals surface area contributed by atoms with Crippen LogP contribution in [0.1, 0.15) is 55.6 Å². The highest BCUT2D eigenvalue weighted by molar-refractivity contribution is 6.26. The van der Waals surface area contributed by atoms with E-state index in [9.17, 15) is 19.5 Å². The number of hydrogen-bond acceptors (Lipinski definition) is 10. The van der Waals surface area contributed by atoms with Gasteiger partial charge in [-0.2, -0.15) is 0 Å². The minimum Gasteiger partial charge on any atom is -0.487 e. The maximum absolute atomic E-state index is 14.1. The second-order valence-corrected chi connectivity index (χ2v) is 11.1. The number of aliphatic hydroxyl groups is 1. The first kappa shape index (κ1) is 26.2. The lowest BCUT2D eigenvalue weighted by Crippen LogP contribution is -2.66. The predicted molar refractivity (Wildman–Crippen MR) is 147 cm³/mol. The Kier molecular flexibility index (Phi) is 6.25. The molecule has 0 saturated heterocycles. The number of benzene rings is 2. The minimum absolute atomic E-state index is 0.0600. The molecule has 0 radical (unpaired) electrons. The maximum atomic E-state index is 14.1. The van der Waals surface area contributed by atoms with Gasteiger partial charge in [-0.3, -0.25) is 19.4 Å². The molecule has 0 spiro atoms. The Labute approximate surface area is 240 Å². The van der Waals surface area contributed by atoms with Gasteiger partial charge < -0.3 is 24.8 Å². The smallest absolute Gasteiger partial charge is 0.265 e. The van der Waals surface area contributed by atoms with Crippen LogP contribution in [0.5, 0.6) is 11.6 Å². The van der Waals surface area contributed by atoms with Gasteiger partial charge >= 0.3 is 0 Å². The third-order valence-electron chi connectivity index (χ3n) is 8.68. The summed E-state index contributed by atoms with van der Waals surface area (Å²) in [5.41, 5.74) is 6.46. The van der Waals surface area contributed by atoms with Crippen molar-refractivity contribution < 1.29 is 33.5 Å². The summed E-state index contributed by atoms with van der Waals surface area (Å²) in [7, 11) is 0. The van der Waals surface area contributed by atoms with Crippen LogP contribution >= 0.6 is 0 Å². The number of Topliss-reactive ketones (excluding diaryl/α,β-unsaturated/α-hetero) is 3. The third kappa shape index (κ3) is 3.98. The fraction of sp³-hybridized carbons (Fsp3) is 0.281. The van der Waals surface area contributed by atoms with Gasteiger partial charge in [-0.05, 0) is 40.6 Å². The van der Waals surface area contributed by atoms with E-state index in [4.69, 9.17) is 19.7 Å². The fourth-order valence-electron chi connectivity index (χ4n) is 6.61. The second kappa shape index (κ2) is 10.0. The van der Waals surface area contributed by atoms with Crippen LogP contribution in [0.4, 0.5) is 0 Å². The number of nitrogens with zero attached hydrogens (tertiary/aromatic N) is 2. The highest BCUT2D eigenvalue weighted by Crippen LogP contribution is 2.53. The molecule has 212 valence electrons. The number of fused-ring (bicyclic) bond motifs is 4. The molecule has 3 aliphatic rings. The molecular formula is C32H27N3O7. The zero-order valence-corrected chi connectivity index (χ0v) is 22.4. The monoisotopic (exact) mass is 565 g/mol. The molecule has 10 heteroatoms. The van der Waals surface area contributed by atoms with Crippen LogP contribution in [0, 0.1) is 17.8 Å². The zero-order valence-electron chi connectivity index (χ0n) is 22.4. The van der Waals surface area contributed by atoms with E-state index in [1.807, 2.05) is 60.7 Å². The number of ketones is 3. The van der Waals surface area contributed by atoms with E-state index in [1.165, 1.54) is 6.20 Å². The maximum Gasteiger partial charge on any atom is 0.265 e. The summed E-state index contributed by atoms with van der Waals surface area (Å²) >= 11 is 0. The Bertz CT molecular complexity index is 1700. The van der Waals surface area contributed by atoms with E-state index < -0.39 is 46.7 Å². The van der Waals surface area contributed by atoms with Crippen molar-refractivity contribution in [3.63, 3.8) is 0 Å². The van der Waals surface area contributed by atoms with Crippen LogP contribution in [0.3, 0.4) is 0 Å². The molecule has 2 aromatic carbocycles. The van der Waals surface area contributed by atoms with Crippen molar-refractivity contribution in [2.75, 3.05) is 0 Å². The van der Waals surface area contributed by atoms with E-state index in [2.05, 4.69) is 10.1 Å². The second-order valence-electron chi connectivity index (χ2n) is 11.1. The largest absolute Gasteiger partial charge is 0.487 e. The average Bonchev–Trinajstić information content (AvgIpc) is 3.44. The Morgan fingerprint density at radius 3 is 2.29 bits per heavy atom. The van der Waals surface area contributed by atoms with Gasteiger partial charge in [0.15, 0.2) is 22.9 Å². The van der Waals surface area contributed by atoms with Gasteiger partial charge in [0.25, 0.3) is 5.88 Å². The molecule has 5 atom stereocenters. The molecule has 2 aromatic heterocycles. The van der Waals surface area contributed by atoms with Crippen molar-refractivity contribution in [3.05, 3.63) is 107 Å². The quantitative estimate of drug-likeness (QED) is 0.332. The lowest BCUT2D eigenvalue weighted by Gasteiger charge is -2.49. The molecule has 1 saturated carbocycles. The van der Waals surface area contributed by atoms with Gasteiger partial charge in [-0.25, -0.2) is 0 Å². The zero-order chi connectivity index (χ0) is 29.0. The van der Waals surface area contributed by atoms with Gasteiger partial charge in [0.2, 0.25) is 5.78 Å². The van der Waals surface area contributed by atoms with Gasteiger partial charge in [-0.15, -0.1) is 0 Å². The number of ether oxygens (including phenoxy) is 2. The van der Waals surface area contributed by atoms with Crippen molar-refractivity contribution >= 4 is 17.3 Å². The van der Waals surface area contributed by atoms with Crippen LogP contribution in [0.2, 0.25) is 0 Å². The van der Waals surface area contributed by atoms with E-state index in [-0.39, 0.29) is 48.2 Å². The van der Waals surface area contributed by atoms with Crippen LogP contribution in [0.25, 0.3) is 0 Å². The van der Waals surface area contributed by atoms with Crippen LogP contribution in [-0.4, -0.2) is 38.2 Å². The number of rotatable bonds is 6. The number of hydrogen-bond donors (Lipinski definition) is 2. The first-order valence-corrected chi connectivity index (χ1v) is 13.8. The lowest BCUT2D eigenvalue weighted by molar-refractivity contribution is -0.150. The Morgan fingerprint density at radius 2 is 1.60 bits per heavy atom. The van der Waals surface area contributed by atoms with E-state index >= 15 is 0 Å². The van der Waals surface area contributed by atoms with E-state index in [0.717, 1.165) is 11.1 Å². The molecule has 2 heterocycles. The van der Waals surface area contributed by atoms with Crippen molar-refractivity contribution in [2.45, 2.75) is 37.7 Å². The predicted octanol–water partition coefficient (Wildman–Crippen LogP) is 3.42. The normalized spacial score (nSPS) is 26.1. The Morgan fingerprint density at radius 1 is 0.929 bits per heavy atom. The number of nitrogens with two attached hydrogens (primary N) is 1. The van der Waals surface area contributed by atoms with Crippen molar-refractivity contribution in [2.24, 2.45) is 23.5 Å². The SMILES string of the molecule is NC1c2onc(OCc3ccccc3)c2C(=O)C2(O)C(=O)C3C(=O)c4c(cncc4OCc4ccccc4)CC3CC12. The molecule has 0 aliphatic heterocycles. The topological polar surface area (TPSA) is 155 Å². The molecule has 42 heavy (non-hydrogen) atoms. The number of aromatic nitrogens is 2. The summed E-state index contributed by atoms with van der Waals surface area (Å²) in [6.07, 6.45) is 3.54. The summed E-state index contributed by atoms with van der Waals surface area (Å²) in [6.45, 7) is 0.285. The summed E-state index contributed by atoms with van der Waals surface area (Å²) < 4.78 is 17.2. The molecular weight excluding hydrogens is 538 g/mol. The van der Waals surface area contributed by atoms with Gasteiger partial charge in [-0.1, -0.05) is 60.7 Å². The standard InChI is InChI=1S/C32H27N3O7/c33-26-21-12-19-11-20-13-34-14-22(40-15-17-7-3-1-4-8-17)23(20)27(36)24(19)29(37)32(21,39)30(38)25-28(26)42-35-31(25)41-16-18-9-5-2-6-10-18/h1-10,13-14,19,21,24,26,39H,11-12,15-16,33H2. The highest BCUT2D eigenvalue weighted by Gasteiger charge is 2.66. The van der Waals surface area contributed by atoms with Gasteiger partial charge in [0, 0.05) is 12.1 Å². The molecule has 4 aromatic rings. The number of carbonyl (C=O) groups excluding carboxylic acids is 3. The molecule has 7 rings (SSSR count). The molecule has 5 unspecified atom stereocenters. The Hall–Kier alpha value is -4.67. The van der Waals surface area contributed by atoms with Gasteiger partial charge in [0.1, 0.15) is 24.5 Å². The third-order valence-corrected chi connectivity index (χ3v) is 8.68. The molecule has 0 amide bonds. The lowest BCUT2D eigenvalue weighted by atomic mass is 9.54. The van der Waals surface area contributed by atoms with Crippen LogP contribution in [0.15, 0.2) is 77.6 Å². The van der Waals surface area contributed by atoms with E-state index in [0.29, 0.717) is 12.0 Å². The van der Waals surface area contributed by atoms with Crippen molar-refractivity contribution in [1.82, 2.24) is 10.1 Å². The van der Waals surface area contributed by atoms with Crippen molar-refractivity contribution in [1.29, 1.82) is 0 Å². The summed E-state index contributed by atoms with van der Waals surface area (Å²) in [5.74, 6) is -4.84.